The number of carbonyl (C=O) groups excluding carboxylic acids is 1. The molecule has 1 aromatic carbocycles. The van der Waals surface area contributed by atoms with Gasteiger partial charge in [0.2, 0.25) is 0 Å². The molecule has 3 rings (SSSR count). The molecule has 1 aromatic heterocycles. The van der Waals surface area contributed by atoms with Crippen molar-refractivity contribution in [1.29, 1.82) is 0 Å². The number of amides is 1. The summed E-state index contributed by atoms with van der Waals surface area (Å²) in [5.74, 6) is -0.754. The molecule has 1 atom stereocenters. The van der Waals surface area contributed by atoms with Crippen molar-refractivity contribution in [1.82, 2.24) is 14.9 Å². The van der Waals surface area contributed by atoms with E-state index in [1.807, 2.05) is 6.07 Å². The number of nitrogens with one attached hydrogen (secondary N) is 1. The van der Waals surface area contributed by atoms with E-state index in [1.54, 1.807) is 6.20 Å². The Balaban J connectivity index is 1.48. The summed E-state index contributed by atoms with van der Waals surface area (Å²) < 4.78 is 0. The normalized spacial score (nSPS) is 18.0. The van der Waals surface area contributed by atoms with E-state index in [0.717, 1.165) is 32.5 Å². The summed E-state index contributed by atoms with van der Waals surface area (Å²) in [5.41, 5.74) is 6.71. The van der Waals surface area contributed by atoms with Crippen molar-refractivity contribution in [2.24, 2.45) is 5.73 Å². The lowest BCUT2D eigenvalue weighted by atomic mass is 10.1. The Morgan fingerprint density at radius 2 is 2.12 bits per heavy atom. The molecule has 1 fully saturated rings. The number of aromatic nitrogens is 2. The Labute approximate surface area is 152 Å². The second-order valence-electron chi connectivity index (χ2n) is 6.39. The first-order chi connectivity index (χ1) is 12.6. The number of nitrogens with zero attached hydrogens (tertiary/aromatic N) is 3. The van der Waals surface area contributed by atoms with E-state index in [0.29, 0.717) is 17.6 Å². The number of rotatable bonds is 7. The fourth-order valence-electron chi connectivity index (χ4n) is 2.99. The average molecular weight is 353 g/mol. The Kier molecular flexibility index (Phi) is 5.80. The van der Waals surface area contributed by atoms with E-state index < -0.39 is 11.7 Å². The van der Waals surface area contributed by atoms with Gasteiger partial charge >= 0.3 is 0 Å². The fourth-order valence-corrected chi connectivity index (χ4v) is 2.99. The maximum atomic E-state index is 10.8. The third-order valence-electron chi connectivity index (χ3n) is 4.39. The quantitative estimate of drug-likeness (QED) is 0.516. The molecule has 7 heteroatoms. The van der Waals surface area contributed by atoms with E-state index in [9.17, 15) is 9.90 Å². The highest BCUT2D eigenvalue weighted by atomic mass is 16.3. The summed E-state index contributed by atoms with van der Waals surface area (Å²) in [6.45, 7) is 3.08. The number of likely N-dealkylation sites (tertiary alicyclic amines) is 1. The highest BCUT2D eigenvalue weighted by Gasteiger charge is 2.22. The summed E-state index contributed by atoms with van der Waals surface area (Å²) in [6, 6.07) is 10.8. The Hall–Kier alpha value is -2.93. The number of primary amides is 1. The minimum Gasteiger partial charge on any atom is -0.503 e. The maximum Gasteiger partial charge on any atom is 0.283 e. The van der Waals surface area contributed by atoms with Crippen LogP contribution in [0.25, 0.3) is 6.08 Å². The number of hydrogen-bond acceptors (Lipinski definition) is 6. The van der Waals surface area contributed by atoms with Crippen LogP contribution in [-0.2, 0) is 11.2 Å². The molecule has 26 heavy (non-hydrogen) atoms. The number of hydrogen-bond donors (Lipinski definition) is 3. The Bertz CT molecular complexity index is 761. The number of carbonyl (C=O) groups is 1. The van der Waals surface area contributed by atoms with Gasteiger partial charge < -0.3 is 21.1 Å². The molecule has 1 aliphatic rings. The van der Waals surface area contributed by atoms with Gasteiger partial charge in [-0.15, -0.1) is 0 Å². The molecule has 0 aliphatic carbocycles. The molecule has 0 bridgehead atoms. The smallest absolute Gasteiger partial charge is 0.283 e. The molecule has 0 radical (unpaired) electrons. The lowest BCUT2D eigenvalue weighted by Gasteiger charge is -2.17. The average Bonchev–Trinajstić information content (AvgIpc) is 3.10. The molecular formula is C19H23N5O2. The van der Waals surface area contributed by atoms with Crippen LogP contribution in [0.2, 0.25) is 0 Å². The molecule has 0 saturated carbocycles. The van der Waals surface area contributed by atoms with Crippen molar-refractivity contribution in [3.63, 3.8) is 0 Å². The first-order valence-electron chi connectivity index (χ1n) is 8.65. The zero-order valence-electron chi connectivity index (χ0n) is 14.5. The van der Waals surface area contributed by atoms with Crippen LogP contribution in [0, 0.1) is 0 Å². The van der Waals surface area contributed by atoms with Gasteiger partial charge in [-0.25, -0.2) is 4.98 Å². The molecule has 7 nitrogen and oxygen atoms in total. The molecule has 1 saturated heterocycles. The number of aliphatic hydroxyl groups is 1. The van der Waals surface area contributed by atoms with Crippen LogP contribution in [0.4, 0.5) is 5.82 Å². The fraction of sp³-hybridized carbons (Fsp3) is 0.316. The second kappa shape index (κ2) is 8.44. The van der Waals surface area contributed by atoms with Gasteiger partial charge in [0.15, 0.2) is 5.76 Å². The minimum absolute atomic E-state index is 0.334. The largest absolute Gasteiger partial charge is 0.503 e. The minimum atomic E-state index is -0.893. The van der Waals surface area contributed by atoms with Crippen LogP contribution < -0.4 is 11.1 Å². The van der Waals surface area contributed by atoms with Gasteiger partial charge in [-0.2, -0.15) is 0 Å². The van der Waals surface area contributed by atoms with Crippen LogP contribution in [0.3, 0.4) is 0 Å². The molecule has 1 amide bonds. The summed E-state index contributed by atoms with van der Waals surface area (Å²) in [4.78, 5) is 21.7. The van der Waals surface area contributed by atoms with E-state index >= 15 is 0 Å². The van der Waals surface area contributed by atoms with E-state index in [1.165, 1.54) is 17.8 Å². The molecule has 2 heterocycles. The third kappa shape index (κ3) is 5.03. The highest BCUT2D eigenvalue weighted by Crippen LogP contribution is 2.15. The Morgan fingerprint density at radius 3 is 2.81 bits per heavy atom. The summed E-state index contributed by atoms with van der Waals surface area (Å²) in [5, 5.41) is 12.7. The highest BCUT2D eigenvalue weighted by molar-refractivity contribution is 5.93. The van der Waals surface area contributed by atoms with E-state index in [4.69, 9.17) is 5.73 Å². The zero-order chi connectivity index (χ0) is 18.4. The summed E-state index contributed by atoms with van der Waals surface area (Å²) in [7, 11) is 0. The molecule has 4 N–H and O–H groups in total. The topological polar surface area (TPSA) is 104 Å². The Morgan fingerprint density at radius 1 is 1.31 bits per heavy atom. The van der Waals surface area contributed by atoms with Crippen molar-refractivity contribution < 1.29 is 9.90 Å². The number of aliphatic hydroxyl groups excluding tert-OH is 1. The van der Waals surface area contributed by atoms with Crippen molar-refractivity contribution in [3.05, 3.63) is 59.7 Å². The van der Waals surface area contributed by atoms with Gasteiger partial charge in [0, 0.05) is 31.8 Å². The molecular weight excluding hydrogens is 330 g/mol. The summed E-state index contributed by atoms with van der Waals surface area (Å²) in [6.07, 6.45) is 6.38. The van der Waals surface area contributed by atoms with Crippen LogP contribution in [-0.4, -0.2) is 51.6 Å². The van der Waals surface area contributed by atoms with Gasteiger partial charge in [-0.05, 0) is 18.4 Å². The SMILES string of the molecule is NC(=O)/C(O)=C/c1cnc(N[C@@H]2CCN(CCc3ccccc3)C2)cn1. The number of nitrogens with two attached hydrogens (primary N) is 1. The van der Waals surface area contributed by atoms with Crippen LogP contribution in [0.1, 0.15) is 17.7 Å². The molecule has 0 unspecified atom stereocenters. The van der Waals surface area contributed by atoms with Gasteiger partial charge in [-0.3, -0.25) is 9.78 Å². The monoisotopic (exact) mass is 353 g/mol. The molecule has 0 spiro atoms. The van der Waals surface area contributed by atoms with E-state index in [2.05, 4.69) is 44.5 Å². The van der Waals surface area contributed by atoms with Crippen molar-refractivity contribution >= 4 is 17.8 Å². The van der Waals surface area contributed by atoms with Gasteiger partial charge in [0.05, 0.1) is 18.1 Å². The standard InChI is InChI=1S/C19H23N5O2/c20-19(26)17(25)10-16-11-22-18(12-21-16)23-15-7-9-24(13-15)8-6-14-4-2-1-3-5-14/h1-5,10-12,15,25H,6-9,13H2,(H2,20,26)(H,22,23)/b17-10-/t15-/m1/s1. The van der Waals surface area contributed by atoms with E-state index in [-0.39, 0.29) is 0 Å². The number of anilines is 1. The molecule has 2 aromatic rings. The second-order valence-corrected chi connectivity index (χ2v) is 6.39. The maximum absolute atomic E-state index is 10.8. The predicted molar refractivity (Wildman–Crippen MR) is 100 cm³/mol. The predicted octanol–water partition coefficient (Wildman–Crippen LogP) is 1.59. The lowest BCUT2D eigenvalue weighted by molar-refractivity contribution is -0.116. The molecule has 1 aliphatic heterocycles. The van der Waals surface area contributed by atoms with Gasteiger partial charge in [-0.1, -0.05) is 30.3 Å². The third-order valence-corrected chi connectivity index (χ3v) is 4.39. The number of benzene rings is 1. The van der Waals surface area contributed by atoms with Crippen molar-refractivity contribution in [3.8, 4) is 0 Å². The first-order valence-corrected chi connectivity index (χ1v) is 8.65. The lowest BCUT2D eigenvalue weighted by Crippen LogP contribution is -2.28. The van der Waals surface area contributed by atoms with Gasteiger partial charge in [0.1, 0.15) is 5.82 Å². The van der Waals surface area contributed by atoms with Crippen LogP contribution >= 0.6 is 0 Å². The van der Waals surface area contributed by atoms with Crippen LogP contribution in [0.5, 0.6) is 0 Å². The van der Waals surface area contributed by atoms with Crippen molar-refractivity contribution in [2.75, 3.05) is 25.0 Å². The van der Waals surface area contributed by atoms with Gasteiger partial charge in [0.25, 0.3) is 5.91 Å². The summed E-state index contributed by atoms with van der Waals surface area (Å²) >= 11 is 0. The first kappa shape index (κ1) is 17.9. The van der Waals surface area contributed by atoms with Crippen molar-refractivity contribution in [2.45, 2.75) is 18.9 Å². The molecule has 136 valence electrons. The van der Waals surface area contributed by atoms with Crippen LogP contribution in [0.15, 0.2) is 48.5 Å². The zero-order valence-corrected chi connectivity index (χ0v) is 14.5.